The molecule has 0 aromatic heterocycles. The van der Waals surface area contributed by atoms with Gasteiger partial charge in [-0.25, -0.2) is 13.8 Å². The largest absolute Gasteiger partial charge is 0.494 e. The number of nitrogens with one attached hydrogen (secondary N) is 1. The van der Waals surface area contributed by atoms with E-state index in [4.69, 9.17) is 14.2 Å². The van der Waals surface area contributed by atoms with Crippen LogP contribution in [0.15, 0.2) is 82.8 Å². The van der Waals surface area contributed by atoms with Gasteiger partial charge in [-0.05, 0) is 68.4 Å². The lowest BCUT2D eigenvalue weighted by Gasteiger charge is -2.24. The van der Waals surface area contributed by atoms with Crippen molar-refractivity contribution in [1.82, 2.24) is 5.43 Å². The summed E-state index contributed by atoms with van der Waals surface area (Å²) in [6.45, 7) is 4.55. The first-order valence-electron chi connectivity index (χ1n) is 11.4. The molecule has 9 nitrogen and oxygen atoms in total. The lowest BCUT2D eigenvalue weighted by atomic mass is 10.1. The quantitative estimate of drug-likeness (QED) is 0.349. The van der Waals surface area contributed by atoms with Gasteiger partial charge in [-0.1, -0.05) is 18.2 Å². The number of amides is 1. The van der Waals surface area contributed by atoms with Crippen molar-refractivity contribution in [2.75, 3.05) is 30.7 Å². The number of anilines is 1. The van der Waals surface area contributed by atoms with E-state index >= 15 is 0 Å². The van der Waals surface area contributed by atoms with Gasteiger partial charge in [0.15, 0.2) is 11.5 Å². The number of nitrogens with zero attached hydrogens (tertiary/aromatic N) is 2. The molecule has 10 heteroatoms. The zero-order valence-corrected chi connectivity index (χ0v) is 20.8. The molecule has 0 aliphatic carbocycles. The van der Waals surface area contributed by atoms with Crippen LogP contribution in [0.3, 0.4) is 0 Å². The molecule has 0 spiro atoms. The standard InChI is InChI=1S/C26H27N3O6S/c1-3-33-22-12-10-21(11-13-22)29(36(31,32)23-7-5-4-6-8-23)18-26(30)28-27-19(2)20-9-14-24-25(17-20)35-16-15-34-24/h4-14,17H,3,15-16,18H2,1-2H3,(H,28,30)/b27-19-. The minimum Gasteiger partial charge on any atom is -0.494 e. The number of sulfonamides is 1. The highest BCUT2D eigenvalue weighted by atomic mass is 32.2. The Balaban J connectivity index is 1.55. The van der Waals surface area contributed by atoms with Crippen molar-refractivity contribution < 1.29 is 27.4 Å². The number of rotatable bonds is 9. The summed E-state index contributed by atoms with van der Waals surface area (Å²) >= 11 is 0. The summed E-state index contributed by atoms with van der Waals surface area (Å²) in [6, 6.07) is 19.9. The summed E-state index contributed by atoms with van der Waals surface area (Å²) in [5.41, 5.74) is 4.05. The maximum Gasteiger partial charge on any atom is 0.264 e. The topological polar surface area (TPSA) is 107 Å². The molecular weight excluding hydrogens is 482 g/mol. The fourth-order valence-corrected chi connectivity index (χ4v) is 5.00. The van der Waals surface area contributed by atoms with Crippen LogP contribution in [0.4, 0.5) is 5.69 Å². The van der Waals surface area contributed by atoms with Gasteiger partial charge in [0.1, 0.15) is 25.5 Å². The van der Waals surface area contributed by atoms with Crippen LogP contribution in [-0.4, -0.2) is 46.4 Å². The van der Waals surface area contributed by atoms with E-state index in [1.807, 2.05) is 13.0 Å². The van der Waals surface area contributed by atoms with Crippen molar-refractivity contribution in [1.29, 1.82) is 0 Å². The highest BCUT2D eigenvalue weighted by molar-refractivity contribution is 7.92. The zero-order chi connectivity index (χ0) is 25.5. The second kappa shape index (κ2) is 11.1. The first-order chi connectivity index (χ1) is 17.4. The van der Waals surface area contributed by atoms with Gasteiger partial charge in [0.2, 0.25) is 0 Å². The van der Waals surface area contributed by atoms with E-state index in [1.54, 1.807) is 61.5 Å². The van der Waals surface area contributed by atoms with E-state index in [-0.39, 0.29) is 4.90 Å². The monoisotopic (exact) mass is 509 g/mol. The third-order valence-corrected chi connectivity index (χ3v) is 7.15. The molecule has 3 aromatic carbocycles. The second-order valence-electron chi connectivity index (χ2n) is 7.84. The summed E-state index contributed by atoms with van der Waals surface area (Å²) < 4.78 is 44.5. The number of fused-ring (bicyclic) bond motifs is 1. The lowest BCUT2D eigenvalue weighted by Crippen LogP contribution is -2.39. The second-order valence-corrected chi connectivity index (χ2v) is 9.70. The molecule has 1 heterocycles. The van der Waals surface area contributed by atoms with Crippen molar-refractivity contribution in [3.05, 3.63) is 78.4 Å². The van der Waals surface area contributed by atoms with Crippen LogP contribution in [0.1, 0.15) is 19.4 Å². The molecule has 4 rings (SSSR count). The fraction of sp³-hybridized carbons (Fsp3) is 0.231. The molecule has 0 fully saturated rings. The number of hydrazone groups is 1. The van der Waals surface area contributed by atoms with Gasteiger partial charge in [0.05, 0.1) is 22.9 Å². The molecule has 1 N–H and O–H groups in total. The Labute approximate surface area is 210 Å². The molecule has 188 valence electrons. The highest BCUT2D eigenvalue weighted by Crippen LogP contribution is 2.31. The van der Waals surface area contributed by atoms with E-state index in [9.17, 15) is 13.2 Å². The van der Waals surface area contributed by atoms with Crippen LogP contribution in [0.5, 0.6) is 17.2 Å². The van der Waals surface area contributed by atoms with E-state index in [2.05, 4.69) is 10.5 Å². The minimum atomic E-state index is -4.02. The Hall–Kier alpha value is -4.05. The maximum absolute atomic E-state index is 13.4. The van der Waals surface area contributed by atoms with Crippen LogP contribution in [0.25, 0.3) is 0 Å². The number of benzene rings is 3. The Morgan fingerprint density at radius 3 is 2.39 bits per heavy atom. The van der Waals surface area contributed by atoms with Crippen LogP contribution in [0.2, 0.25) is 0 Å². The van der Waals surface area contributed by atoms with E-state index in [0.29, 0.717) is 48.5 Å². The first kappa shape index (κ1) is 25.1. The predicted molar refractivity (Wildman–Crippen MR) is 136 cm³/mol. The SMILES string of the molecule is CCOc1ccc(N(CC(=O)N/N=C(/C)c2ccc3c(c2)OCCO3)S(=O)(=O)c2ccccc2)cc1. The van der Waals surface area contributed by atoms with E-state index < -0.39 is 22.5 Å². The van der Waals surface area contributed by atoms with Gasteiger partial charge >= 0.3 is 0 Å². The molecule has 1 aliphatic heterocycles. The number of ether oxygens (including phenoxy) is 3. The average Bonchev–Trinajstić information content (AvgIpc) is 2.91. The van der Waals surface area contributed by atoms with Gasteiger partial charge in [0.25, 0.3) is 15.9 Å². The first-order valence-corrected chi connectivity index (χ1v) is 12.9. The number of hydrogen-bond donors (Lipinski definition) is 1. The molecule has 3 aromatic rings. The summed E-state index contributed by atoms with van der Waals surface area (Å²) in [7, 11) is -4.02. The maximum atomic E-state index is 13.4. The van der Waals surface area contributed by atoms with E-state index in [0.717, 1.165) is 9.87 Å². The van der Waals surface area contributed by atoms with Crippen molar-refractivity contribution in [3.63, 3.8) is 0 Å². The Morgan fingerprint density at radius 1 is 1.00 bits per heavy atom. The predicted octanol–water partition coefficient (Wildman–Crippen LogP) is 3.59. The molecule has 0 radical (unpaired) electrons. The molecular formula is C26H27N3O6S. The molecule has 0 bridgehead atoms. The van der Waals surface area contributed by atoms with E-state index in [1.165, 1.54) is 12.1 Å². The zero-order valence-electron chi connectivity index (χ0n) is 20.0. The Bertz CT molecular complexity index is 1340. The normalized spacial score (nSPS) is 13.1. The average molecular weight is 510 g/mol. The van der Waals surface area contributed by atoms with Crippen molar-refractivity contribution in [3.8, 4) is 17.2 Å². The molecule has 36 heavy (non-hydrogen) atoms. The van der Waals surface area contributed by atoms with Crippen molar-refractivity contribution >= 4 is 27.3 Å². The number of carbonyl (C=O) groups is 1. The van der Waals surface area contributed by atoms with Crippen LogP contribution in [-0.2, 0) is 14.8 Å². The Kier molecular flexibility index (Phi) is 7.74. The van der Waals surface area contributed by atoms with Gasteiger partial charge in [0, 0.05) is 5.56 Å². The highest BCUT2D eigenvalue weighted by Gasteiger charge is 2.27. The molecule has 0 saturated heterocycles. The minimum absolute atomic E-state index is 0.0719. The van der Waals surface area contributed by atoms with Gasteiger partial charge in [-0.3, -0.25) is 9.10 Å². The molecule has 1 aliphatic rings. The van der Waals surface area contributed by atoms with Gasteiger partial charge in [-0.2, -0.15) is 5.10 Å². The van der Waals surface area contributed by atoms with Gasteiger partial charge in [-0.15, -0.1) is 0 Å². The summed E-state index contributed by atoms with van der Waals surface area (Å²) in [4.78, 5) is 12.9. The van der Waals surface area contributed by atoms with Crippen molar-refractivity contribution in [2.24, 2.45) is 5.10 Å². The summed E-state index contributed by atoms with van der Waals surface area (Å²) in [6.07, 6.45) is 0. The smallest absolute Gasteiger partial charge is 0.264 e. The third kappa shape index (κ3) is 5.77. The summed E-state index contributed by atoms with van der Waals surface area (Å²) in [5, 5.41) is 4.16. The lowest BCUT2D eigenvalue weighted by molar-refractivity contribution is -0.119. The molecule has 0 saturated carbocycles. The van der Waals surface area contributed by atoms with Crippen molar-refractivity contribution in [2.45, 2.75) is 18.7 Å². The molecule has 1 amide bonds. The van der Waals surface area contributed by atoms with Crippen LogP contribution >= 0.6 is 0 Å². The Morgan fingerprint density at radius 2 is 1.69 bits per heavy atom. The number of hydrogen-bond acceptors (Lipinski definition) is 7. The third-order valence-electron chi connectivity index (χ3n) is 5.36. The number of carbonyl (C=O) groups excluding carboxylic acids is 1. The van der Waals surface area contributed by atoms with Crippen LogP contribution < -0.4 is 23.9 Å². The van der Waals surface area contributed by atoms with Crippen LogP contribution in [0, 0.1) is 0 Å². The van der Waals surface area contributed by atoms with Gasteiger partial charge < -0.3 is 14.2 Å². The summed E-state index contributed by atoms with van der Waals surface area (Å²) in [5.74, 6) is 1.26. The molecule has 0 atom stereocenters. The molecule has 0 unspecified atom stereocenters. The fourth-order valence-electron chi connectivity index (χ4n) is 3.55.